The summed E-state index contributed by atoms with van der Waals surface area (Å²) in [7, 11) is 3.33. The number of carboxylic acids is 1. The normalized spacial score (nSPS) is 11.2. The first kappa shape index (κ1) is 27.4. The fourth-order valence-corrected chi connectivity index (χ4v) is 3.55. The van der Waals surface area contributed by atoms with Crippen molar-refractivity contribution in [3.05, 3.63) is 65.5 Å². The number of carbonyl (C=O) groups excluding carboxylic acids is 1. The first-order valence-corrected chi connectivity index (χ1v) is 11.3. The maximum absolute atomic E-state index is 11.9. The Balaban J connectivity index is 0.000000479. The molecule has 12 heteroatoms. The van der Waals surface area contributed by atoms with E-state index >= 15 is 0 Å². The van der Waals surface area contributed by atoms with Crippen LogP contribution in [0.25, 0.3) is 21.9 Å². The van der Waals surface area contributed by atoms with E-state index in [9.17, 15) is 18.0 Å². The number of ether oxygens (including phenoxy) is 1. The van der Waals surface area contributed by atoms with Gasteiger partial charge in [-0.25, -0.2) is 19.6 Å². The molecule has 0 aliphatic rings. The first-order valence-electron chi connectivity index (χ1n) is 11.3. The van der Waals surface area contributed by atoms with Crippen LogP contribution in [0.4, 0.5) is 19.0 Å². The standard InChI is InChI=1S/C23H25N5O2.C2HF3O2/c1-24-11-6-12-25-21-20-17-10-9-16(23(29)30-2)14-18(17)26-22(20)28-19(27-21)13-15-7-4-3-5-8-15;3-2(4,5)1(6)7/h3-5,7-10,14,24H,6,11-13H2,1-2H3,(H2,25,26,27,28);(H,6,7). The molecule has 2 aromatic carbocycles. The number of anilines is 1. The molecule has 0 bridgehead atoms. The average Bonchev–Trinajstić information content (AvgIpc) is 3.24. The van der Waals surface area contributed by atoms with E-state index in [2.05, 4.69) is 27.8 Å². The predicted molar refractivity (Wildman–Crippen MR) is 133 cm³/mol. The van der Waals surface area contributed by atoms with Crippen LogP contribution in [0.2, 0.25) is 0 Å². The summed E-state index contributed by atoms with van der Waals surface area (Å²) in [6.07, 6.45) is -3.46. The number of benzene rings is 2. The summed E-state index contributed by atoms with van der Waals surface area (Å²) in [5, 5.41) is 15.7. The van der Waals surface area contributed by atoms with Gasteiger partial charge in [-0.05, 0) is 37.7 Å². The van der Waals surface area contributed by atoms with E-state index in [1.165, 1.54) is 7.11 Å². The van der Waals surface area contributed by atoms with E-state index in [-0.39, 0.29) is 5.97 Å². The molecule has 0 aliphatic heterocycles. The Morgan fingerprint density at radius 3 is 2.41 bits per heavy atom. The number of methoxy groups -OCH3 is 1. The van der Waals surface area contributed by atoms with E-state index in [1.807, 2.05) is 31.3 Å². The number of aliphatic carboxylic acids is 1. The Labute approximate surface area is 210 Å². The van der Waals surface area contributed by atoms with Gasteiger partial charge in [0.2, 0.25) is 0 Å². The van der Waals surface area contributed by atoms with Crippen LogP contribution in [-0.2, 0) is 16.0 Å². The van der Waals surface area contributed by atoms with Gasteiger partial charge in [0.25, 0.3) is 0 Å². The summed E-state index contributed by atoms with van der Waals surface area (Å²) in [5.41, 5.74) is 3.24. The van der Waals surface area contributed by atoms with E-state index in [1.54, 1.807) is 12.1 Å². The Hall–Kier alpha value is -4.19. The number of fused-ring (bicyclic) bond motifs is 3. The molecular formula is C25H26F3N5O4. The van der Waals surface area contributed by atoms with Gasteiger partial charge in [0.15, 0.2) is 0 Å². The van der Waals surface area contributed by atoms with Gasteiger partial charge in [0.1, 0.15) is 17.3 Å². The second-order valence-corrected chi connectivity index (χ2v) is 7.94. The van der Waals surface area contributed by atoms with E-state index in [0.29, 0.717) is 12.0 Å². The summed E-state index contributed by atoms with van der Waals surface area (Å²) >= 11 is 0. The van der Waals surface area contributed by atoms with Crippen LogP contribution in [-0.4, -0.2) is 65.4 Å². The van der Waals surface area contributed by atoms with Crippen molar-refractivity contribution in [3.8, 4) is 0 Å². The molecule has 4 aromatic rings. The number of carboxylic acid groups (broad SMARTS) is 1. The van der Waals surface area contributed by atoms with Crippen molar-refractivity contribution in [1.82, 2.24) is 20.3 Å². The van der Waals surface area contributed by atoms with Crippen LogP contribution in [0.1, 0.15) is 28.2 Å². The number of aromatic amines is 1. The molecule has 0 aliphatic carbocycles. The molecule has 0 saturated carbocycles. The smallest absolute Gasteiger partial charge is 0.475 e. The molecule has 0 radical (unpaired) electrons. The van der Waals surface area contributed by atoms with Crippen LogP contribution in [0.15, 0.2) is 48.5 Å². The number of rotatable bonds is 8. The Kier molecular flexibility index (Phi) is 9.01. The summed E-state index contributed by atoms with van der Waals surface area (Å²) < 4.78 is 36.6. The molecule has 4 N–H and O–H groups in total. The van der Waals surface area contributed by atoms with Crippen molar-refractivity contribution in [2.45, 2.75) is 19.0 Å². The Morgan fingerprint density at radius 2 is 1.78 bits per heavy atom. The maximum atomic E-state index is 11.9. The molecule has 0 spiro atoms. The third-order valence-electron chi connectivity index (χ3n) is 5.26. The largest absolute Gasteiger partial charge is 0.490 e. The second kappa shape index (κ2) is 12.2. The zero-order chi connectivity index (χ0) is 27.0. The SMILES string of the molecule is CNCCCNc1nc(Cc2ccccc2)nc2[nH]c3cc(C(=O)OC)ccc3c12.O=C(O)C(F)(F)F. The van der Waals surface area contributed by atoms with Gasteiger partial charge in [0.05, 0.1) is 18.1 Å². The van der Waals surface area contributed by atoms with Crippen LogP contribution < -0.4 is 10.6 Å². The third kappa shape index (κ3) is 7.17. The molecule has 4 rings (SSSR count). The number of hydrogen-bond donors (Lipinski definition) is 4. The van der Waals surface area contributed by atoms with Crippen LogP contribution in [0.3, 0.4) is 0 Å². The van der Waals surface area contributed by atoms with E-state index in [4.69, 9.17) is 24.6 Å². The minimum atomic E-state index is -5.08. The van der Waals surface area contributed by atoms with E-state index < -0.39 is 12.1 Å². The van der Waals surface area contributed by atoms with Gasteiger partial charge in [-0.2, -0.15) is 13.2 Å². The van der Waals surface area contributed by atoms with Crippen molar-refractivity contribution in [2.24, 2.45) is 0 Å². The molecule has 37 heavy (non-hydrogen) atoms. The fourth-order valence-electron chi connectivity index (χ4n) is 3.55. The highest BCUT2D eigenvalue weighted by Gasteiger charge is 2.38. The van der Waals surface area contributed by atoms with Crippen molar-refractivity contribution in [3.63, 3.8) is 0 Å². The van der Waals surface area contributed by atoms with Crippen molar-refractivity contribution < 1.29 is 32.6 Å². The first-order chi connectivity index (χ1) is 17.6. The van der Waals surface area contributed by atoms with Gasteiger partial charge in [-0.1, -0.05) is 36.4 Å². The minimum absolute atomic E-state index is 0.364. The molecule has 2 aromatic heterocycles. The second-order valence-electron chi connectivity index (χ2n) is 7.94. The molecule has 0 atom stereocenters. The molecule has 9 nitrogen and oxygen atoms in total. The monoisotopic (exact) mass is 517 g/mol. The molecular weight excluding hydrogens is 491 g/mol. The molecule has 0 unspecified atom stereocenters. The number of alkyl halides is 3. The highest BCUT2D eigenvalue weighted by Crippen LogP contribution is 2.31. The van der Waals surface area contributed by atoms with Crippen LogP contribution in [0, 0.1) is 0 Å². The lowest BCUT2D eigenvalue weighted by atomic mass is 10.1. The lowest BCUT2D eigenvalue weighted by molar-refractivity contribution is -0.192. The minimum Gasteiger partial charge on any atom is -0.475 e. The molecule has 2 heterocycles. The number of aromatic nitrogens is 3. The summed E-state index contributed by atoms with van der Waals surface area (Å²) in [6, 6.07) is 15.7. The zero-order valence-electron chi connectivity index (χ0n) is 20.1. The predicted octanol–water partition coefficient (Wildman–Crippen LogP) is 4.14. The van der Waals surface area contributed by atoms with Gasteiger partial charge in [-0.15, -0.1) is 0 Å². The number of nitrogens with zero attached hydrogens (tertiary/aromatic N) is 2. The van der Waals surface area contributed by atoms with Gasteiger partial charge in [-0.3, -0.25) is 0 Å². The summed E-state index contributed by atoms with van der Waals surface area (Å²) in [4.78, 5) is 33.8. The van der Waals surface area contributed by atoms with Gasteiger partial charge < -0.3 is 25.5 Å². The highest BCUT2D eigenvalue weighted by molar-refractivity contribution is 6.12. The maximum Gasteiger partial charge on any atom is 0.490 e. The number of hydrogen-bond acceptors (Lipinski definition) is 7. The number of H-pyrrole nitrogens is 1. The molecule has 0 fully saturated rings. The molecule has 0 saturated heterocycles. The average molecular weight is 518 g/mol. The van der Waals surface area contributed by atoms with E-state index in [0.717, 1.165) is 58.7 Å². The summed E-state index contributed by atoms with van der Waals surface area (Å²) in [5.74, 6) is -1.58. The third-order valence-corrected chi connectivity index (χ3v) is 5.26. The highest BCUT2D eigenvalue weighted by atomic mass is 19.4. The van der Waals surface area contributed by atoms with Crippen molar-refractivity contribution in [2.75, 3.05) is 32.6 Å². The quantitative estimate of drug-likeness (QED) is 0.203. The van der Waals surface area contributed by atoms with Crippen molar-refractivity contribution >= 4 is 39.7 Å². The van der Waals surface area contributed by atoms with Crippen LogP contribution >= 0.6 is 0 Å². The number of carbonyl (C=O) groups is 2. The van der Waals surface area contributed by atoms with Gasteiger partial charge >= 0.3 is 18.1 Å². The van der Waals surface area contributed by atoms with Crippen LogP contribution in [0.5, 0.6) is 0 Å². The lowest BCUT2D eigenvalue weighted by Crippen LogP contribution is -2.21. The molecule has 0 amide bonds. The number of halogens is 3. The lowest BCUT2D eigenvalue weighted by Gasteiger charge is -2.09. The Bertz CT molecular complexity index is 1370. The van der Waals surface area contributed by atoms with Crippen molar-refractivity contribution in [1.29, 1.82) is 0 Å². The topological polar surface area (TPSA) is 129 Å². The van der Waals surface area contributed by atoms with Gasteiger partial charge in [0, 0.05) is 23.9 Å². The number of nitrogens with one attached hydrogen (secondary N) is 3. The summed E-state index contributed by atoms with van der Waals surface area (Å²) in [6.45, 7) is 1.72. The fraction of sp³-hybridized carbons (Fsp3) is 0.280. The number of esters is 1. The zero-order valence-corrected chi connectivity index (χ0v) is 20.1. The molecule has 196 valence electrons. The Morgan fingerprint density at radius 1 is 1.08 bits per heavy atom.